The molecule has 3 aromatic rings. The Hall–Kier alpha value is -2.45. The Labute approximate surface area is 166 Å². The number of aryl methyl sites for hydroxylation is 1. The molecule has 0 unspecified atom stereocenters. The van der Waals surface area contributed by atoms with Crippen LogP contribution in [0.25, 0.3) is 5.82 Å². The predicted molar refractivity (Wildman–Crippen MR) is 106 cm³/mol. The number of rotatable bonds is 3. The van der Waals surface area contributed by atoms with E-state index in [2.05, 4.69) is 19.9 Å². The number of hydrogen-bond donors (Lipinski definition) is 0. The zero-order valence-corrected chi connectivity index (χ0v) is 16.7. The smallest absolute Gasteiger partial charge is 0.264 e. The number of hydrogen-bond acceptors (Lipinski definition) is 6. The van der Waals surface area contributed by atoms with Gasteiger partial charge in [0.2, 0.25) is 0 Å². The second-order valence-electron chi connectivity index (χ2n) is 6.40. The molecule has 9 heteroatoms. The Bertz CT molecular complexity index is 976. The predicted octanol–water partition coefficient (Wildman–Crippen LogP) is 2.96. The molecule has 0 spiro atoms. The number of thiophene rings is 1. The first kappa shape index (κ1) is 17.9. The summed E-state index contributed by atoms with van der Waals surface area (Å²) in [5, 5.41) is 0. The molecule has 1 amide bonds. The minimum absolute atomic E-state index is 0.0412. The maximum atomic E-state index is 12.6. The first-order valence-electron chi connectivity index (χ1n) is 8.65. The molecule has 1 aliphatic rings. The molecule has 0 atom stereocenters. The summed E-state index contributed by atoms with van der Waals surface area (Å²) in [6.07, 6.45) is 3.35. The molecule has 0 aromatic carbocycles. The van der Waals surface area contributed by atoms with E-state index >= 15 is 0 Å². The first-order valence-corrected chi connectivity index (χ1v) is 9.85. The Morgan fingerprint density at radius 3 is 2.44 bits per heavy atom. The Kier molecular flexibility index (Phi) is 4.84. The van der Waals surface area contributed by atoms with Crippen molar-refractivity contribution in [3.63, 3.8) is 0 Å². The molecule has 1 aliphatic heterocycles. The lowest BCUT2D eigenvalue weighted by Gasteiger charge is -2.35. The molecule has 4 heterocycles. The van der Waals surface area contributed by atoms with Crippen LogP contribution in [0.15, 0.2) is 30.9 Å². The van der Waals surface area contributed by atoms with Crippen LogP contribution < -0.4 is 4.90 Å². The van der Waals surface area contributed by atoms with Crippen LogP contribution in [0.2, 0.25) is 4.34 Å². The van der Waals surface area contributed by atoms with Crippen LogP contribution in [0.1, 0.15) is 21.1 Å². The van der Waals surface area contributed by atoms with Gasteiger partial charge >= 0.3 is 0 Å². The summed E-state index contributed by atoms with van der Waals surface area (Å²) in [4.78, 5) is 30.4. The van der Waals surface area contributed by atoms with Crippen molar-refractivity contribution in [2.75, 3.05) is 31.1 Å². The van der Waals surface area contributed by atoms with Crippen molar-refractivity contribution >= 4 is 34.7 Å². The highest BCUT2D eigenvalue weighted by molar-refractivity contribution is 7.17. The number of nitrogens with zero attached hydrogens (tertiary/aromatic N) is 6. The van der Waals surface area contributed by atoms with E-state index in [1.54, 1.807) is 24.8 Å². The van der Waals surface area contributed by atoms with E-state index in [1.165, 1.54) is 11.3 Å². The number of aromatic nitrogens is 4. The fourth-order valence-corrected chi connectivity index (χ4v) is 4.11. The normalized spacial score (nSPS) is 14.6. The van der Waals surface area contributed by atoms with Crippen molar-refractivity contribution < 1.29 is 4.79 Å². The summed E-state index contributed by atoms with van der Waals surface area (Å²) in [6.45, 7) is 6.75. The summed E-state index contributed by atoms with van der Waals surface area (Å²) in [5.41, 5.74) is 2.04. The quantitative estimate of drug-likeness (QED) is 0.673. The molecule has 4 rings (SSSR count). The van der Waals surface area contributed by atoms with E-state index in [0.717, 1.165) is 36.1 Å². The van der Waals surface area contributed by atoms with E-state index in [1.807, 2.05) is 29.4 Å². The molecular formula is C18H19ClN6OS. The molecule has 7 nitrogen and oxygen atoms in total. The summed E-state index contributed by atoms with van der Waals surface area (Å²) in [6, 6.07) is 5.51. The van der Waals surface area contributed by atoms with Crippen molar-refractivity contribution in [1.29, 1.82) is 0 Å². The van der Waals surface area contributed by atoms with Gasteiger partial charge in [0.15, 0.2) is 0 Å². The van der Waals surface area contributed by atoms with Crippen LogP contribution >= 0.6 is 22.9 Å². The second kappa shape index (κ2) is 7.28. The molecule has 27 heavy (non-hydrogen) atoms. The monoisotopic (exact) mass is 402 g/mol. The third-order valence-corrected chi connectivity index (χ3v) is 6.03. The van der Waals surface area contributed by atoms with Gasteiger partial charge in [-0.15, -0.1) is 11.3 Å². The molecular weight excluding hydrogens is 384 g/mol. The molecule has 0 bridgehead atoms. The summed E-state index contributed by atoms with van der Waals surface area (Å²) in [7, 11) is 0. The zero-order valence-electron chi connectivity index (χ0n) is 15.1. The SMILES string of the molecule is Cc1ncn(-c2cc(N3CCN(C(=O)c4ccc(Cl)s4)CC3)ncn2)c1C. The molecule has 0 radical (unpaired) electrons. The lowest BCUT2D eigenvalue weighted by atomic mass is 10.3. The number of imidazole rings is 1. The third-order valence-electron chi connectivity index (χ3n) is 4.81. The van der Waals surface area contributed by atoms with Crippen molar-refractivity contribution in [1.82, 2.24) is 24.4 Å². The van der Waals surface area contributed by atoms with Crippen molar-refractivity contribution in [2.24, 2.45) is 0 Å². The highest BCUT2D eigenvalue weighted by Gasteiger charge is 2.24. The fraction of sp³-hybridized carbons (Fsp3) is 0.333. The third kappa shape index (κ3) is 3.54. The van der Waals surface area contributed by atoms with E-state index in [0.29, 0.717) is 22.3 Å². The van der Waals surface area contributed by atoms with Crippen LogP contribution in [0, 0.1) is 13.8 Å². The maximum Gasteiger partial charge on any atom is 0.264 e. The standard InChI is InChI=1S/C18H19ClN6OS/c1-12-13(2)25(11-22-12)17-9-16(20-10-21-17)23-5-7-24(8-6-23)18(26)14-3-4-15(19)27-14/h3-4,9-11H,5-8H2,1-2H3. The second-order valence-corrected chi connectivity index (χ2v) is 8.12. The molecule has 140 valence electrons. The van der Waals surface area contributed by atoms with Crippen LogP contribution in [-0.4, -0.2) is 56.5 Å². The van der Waals surface area contributed by atoms with Crippen LogP contribution in [0.3, 0.4) is 0 Å². The molecule has 1 saturated heterocycles. The van der Waals surface area contributed by atoms with Gasteiger partial charge in [0.1, 0.15) is 24.3 Å². The van der Waals surface area contributed by atoms with Gasteiger partial charge in [-0.1, -0.05) is 11.6 Å². The number of carbonyl (C=O) groups excluding carboxylic acids is 1. The van der Waals surface area contributed by atoms with E-state index < -0.39 is 0 Å². The molecule has 3 aromatic heterocycles. The largest absolute Gasteiger partial charge is 0.353 e. The summed E-state index contributed by atoms with van der Waals surface area (Å²) in [5.74, 6) is 1.70. The van der Waals surface area contributed by atoms with Crippen molar-refractivity contribution in [2.45, 2.75) is 13.8 Å². The number of halogens is 1. The van der Waals surface area contributed by atoms with Crippen LogP contribution in [-0.2, 0) is 0 Å². The van der Waals surface area contributed by atoms with Crippen LogP contribution in [0.4, 0.5) is 5.82 Å². The Morgan fingerprint density at radius 2 is 1.81 bits per heavy atom. The number of piperazine rings is 1. The summed E-state index contributed by atoms with van der Waals surface area (Å²) >= 11 is 7.26. The van der Waals surface area contributed by atoms with Crippen molar-refractivity contribution in [3.05, 3.63) is 51.5 Å². The lowest BCUT2D eigenvalue weighted by Crippen LogP contribution is -2.48. The first-order chi connectivity index (χ1) is 13.0. The van der Waals surface area contributed by atoms with Gasteiger partial charge < -0.3 is 9.80 Å². The van der Waals surface area contributed by atoms with Gasteiger partial charge in [0.25, 0.3) is 5.91 Å². The van der Waals surface area contributed by atoms with E-state index in [4.69, 9.17) is 11.6 Å². The lowest BCUT2D eigenvalue weighted by molar-refractivity contribution is 0.0751. The summed E-state index contributed by atoms with van der Waals surface area (Å²) < 4.78 is 2.59. The number of amides is 1. The van der Waals surface area contributed by atoms with E-state index in [9.17, 15) is 4.79 Å². The minimum Gasteiger partial charge on any atom is -0.353 e. The maximum absolute atomic E-state index is 12.6. The van der Waals surface area contributed by atoms with Gasteiger partial charge in [-0.25, -0.2) is 15.0 Å². The fourth-order valence-electron chi connectivity index (χ4n) is 3.10. The zero-order chi connectivity index (χ0) is 19.0. The van der Waals surface area contributed by atoms with E-state index in [-0.39, 0.29) is 5.91 Å². The van der Waals surface area contributed by atoms with Gasteiger partial charge in [0.05, 0.1) is 14.9 Å². The molecule has 0 aliphatic carbocycles. The van der Waals surface area contributed by atoms with Gasteiger partial charge in [0, 0.05) is 37.9 Å². The molecule has 0 N–H and O–H groups in total. The van der Waals surface area contributed by atoms with Crippen molar-refractivity contribution in [3.8, 4) is 5.82 Å². The topological polar surface area (TPSA) is 67.2 Å². The molecule has 0 saturated carbocycles. The number of carbonyl (C=O) groups is 1. The van der Waals surface area contributed by atoms with Gasteiger partial charge in [-0.2, -0.15) is 0 Å². The highest BCUT2D eigenvalue weighted by atomic mass is 35.5. The Balaban J connectivity index is 1.46. The average molecular weight is 403 g/mol. The molecule has 1 fully saturated rings. The van der Waals surface area contributed by atoms with Gasteiger partial charge in [-0.3, -0.25) is 9.36 Å². The Morgan fingerprint density at radius 1 is 1.07 bits per heavy atom. The number of anilines is 1. The average Bonchev–Trinajstić information content (AvgIpc) is 3.27. The minimum atomic E-state index is 0.0412. The van der Waals surface area contributed by atoms with Gasteiger partial charge in [-0.05, 0) is 26.0 Å². The van der Waals surface area contributed by atoms with Crippen LogP contribution in [0.5, 0.6) is 0 Å². The highest BCUT2D eigenvalue weighted by Crippen LogP contribution is 2.24.